The second kappa shape index (κ2) is 8.03. The van der Waals surface area contributed by atoms with E-state index in [1.807, 2.05) is 0 Å². The summed E-state index contributed by atoms with van der Waals surface area (Å²) in [5.41, 5.74) is 1.43. The van der Waals surface area contributed by atoms with Crippen molar-refractivity contribution < 1.29 is 23.6 Å². The van der Waals surface area contributed by atoms with Crippen molar-refractivity contribution in [1.29, 1.82) is 0 Å². The minimum atomic E-state index is -1.19. The SMILES string of the molecule is COc1cccnc1C1C(C(=O)C(C)(C)C)C(=O)C(=O)N1c1ccc(-c2ccon2)cc1. The van der Waals surface area contributed by atoms with E-state index in [0.717, 1.165) is 5.56 Å². The van der Waals surface area contributed by atoms with Crippen LogP contribution in [0, 0.1) is 11.3 Å². The molecule has 8 nitrogen and oxygen atoms in total. The number of Topliss-reactive ketones (excluding diaryl/α,β-unsaturated/α-hetero) is 2. The van der Waals surface area contributed by atoms with Gasteiger partial charge in [-0.25, -0.2) is 0 Å². The van der Waals surface area contributed by atoms with Crippen molar-refractivity contribution in [2.24, 2.45) is 11.3 Å². The van der Waals surface area contributed by atoms with Gasteiger partial charge in [-0.15, -0.1) is 0 Å². The summed E-state index contributed by atoms with van der Waals surface area (Å²) in [5.74, 6) is -2.62. The number of nitrogens with zero attached hydrogens (tertiary/aromatic N) is 3. The summed E-state index contributed by atoms with van der Waals surface area (Å²) in [5, 5.41) is 3.91. The average Bonchev–Trinajstić information content (AvgIpc) is 3.40. The number of benzene rings is 1. The van der Waals surface area contributed by atoms with Crippen molar-refractivity contribution in [1.82, 2.24) is 10.1 Å². The molecular formula is C24H23N3O5. The lowest BCUT2D eigenvalue weighted by Gasteiger charge is -2.30. The fourth-order valence-corrected chi connectivity index (χ4v) is 3.91. The van der Waals surface area contributed by atoms with Crippen LogP contribution >= 0.6 is 0 Å². The number of hydrogen-bond acceptors (Lipinski definition) is 7. The Morgan fingerprint density at radius 1 is 1.09 bits per heavy atom. The highest BCUT2D eigenvalue weighted by atomic mass is 16.5. The second-order valence-corrected chi connectivity index (χ2v) is 8.60. The maximum atomic E-state index is 13.3. The molecule has 0 saturated carbocycles. The van der Waals surface area contributed by atoms with Gasteiger partial charge in [0.05, 0.1) is 7.11 Å². The first kappa shape index (κ1) is 21.4. The molecule has 8 heteroatoms. The summed E-state index contributed by atoms with van der Waals surface area (Å²) < 4.78 is 10.3. The normalized spacial score (nSPS) is 18.8. The lowest BCUT2D eigenvalue weighted by molar-refractivity contribution is -0.141. The van der Waals surface area contributed by atoms with Crippen molar-refractivity contribution in [2.45, 2.75) is 26.8 Å². The second-order valence-electron chi connectivity index (χ2n) is 8.60. The number of anilines is 1. The van der Waals surface area contributed by atoms with Gasteiger partial charge in [0.25, 0.3) is 5.91 Å². The maximum absolute atomic E-state index is 13.3. The molecule has 0 radical (unpaired) electrons. The van der Waals surface area contributed by atoms with Crippen molar-refractivity contribution in [3.05, 3.63) is 60.6 Å². The molecule has 3 heterocycles. The van der Waals surface area contributed by atoms with Crippen LogP contribution in [0.5, 0.6) is 5.75 Å². The molecule has 4 rings (SSSR count). The molecule has 1 aliphatic heterocycles. The third-order valence-corrected chi connectivity index (χ3v) is 5.51. The number of carbonyl (C=O) groups excluding carboxylic acids is 3. The maximum Gasteiger partial charge on any atom is 0.295 e. The van der Waals surface area contributed by atoms with Gasteiger partial charge in [-0.1, -0.05) is 38.1 Å². The third kappa shape index (κ3) is 3.57. The topological polar surface area (TPSA) is 103 Å². The Kier molecular flexibility index (Phi) is 5.38. The number of carbonyl (C=O) groups is 3. The first-order valence-electron chi connectivity index (χ1n) is 10.2. The van der Waals surface area contributed by atoms with Gasteiger partial charge in [-0.05, 0) is 24.3 Å². The zero-order valence-electron chi connectivity index (χ0n) is 18.2. The van der Waals surface area contributed by atoms with E-state index < -0.39 is 29.1 Å². The van der Waals surface area contributed by atoms with E-state index in [0.29, 0.717) is 22.8 Å². The first-order chi connectivity index (χ1) is 15.2. The molecule has 0 aliphatic carbocycles. The van der Waals surface area contributed by atoms with E-state index in [4.69, 9.17) is 9.26 Å². The van der Waals surface area contributed by atoms with E-state index in [9.17, 15) is 14.4 Å². The van der Waals surface area contributed by atoms with Crippen LogP contribution in [0.1, 0.15) is 32.5 Å². The smallest absolute Gasteiger partial charge is 0.295 e. The molecule has 164 valence electrons. The highest BCUT2D eigenvalue weighted by molar-refractivity contribution is 6.48. The van der Waals surface area contributed by atoms with E-state index in [1.54, 1.807) is 69.4 Å². The Hall–Kier alpha value is -3.81. The van der Waals surface area contributed by atoms with Crippen LogP contribution in [0.3, 0.4) is 0 Å². The fourth-order valence-electron chi connectivity index (χ4n) is 3.91. The molecular weight excluding hydrogens is 410 g/mol. The summed E-state index contributed by atoms with van der Waals surface area (Å²) in [4.78, 5) is 45.3. The van der Waals surface area contributed by atoms with Crippen LogP contribution in [0.15, 0.2) is 59.4 Å². The zero-order chi connectivity index (χ0) is 23.0. The van der Waals surface area contributed by atoms with Crippen LogP contribution in [0.25, 0.3) is 11.3 Å². The van der Waals surface area contributed by atoms with Crippen molar-refractivity contribution in [2.75, 3.05) is 12.0 Å². The summed E-state index contributed by atoms with van der Waals surface area (Å²) in [6, 6.07) is 11.2. The van der Waals surface area contributed by atoms with Crippen molar-refractivity contribution in [3.8, 4) is 17.0 Å². The van der Waals surface area contributed by atoms with Gasteiger partial charge < -0.3 is 9.26 Å². The molecule has 3 aromatic rings. The quantitative estimate of drug-likeness (QED) is 0.447. The molecule has 1 saturated heterocycles. The van der Waals surface area contributed by atoms with Crippen LogP contribution in [-0.4, -0.2) is 34.7 Å². The Morgan fingerprint density at radius 2 is 1.81 bits per heavy atom. The summed E-state index contributed by atoms with van der Waals surface area (Å²) in [7, 11) is 1.48. The lowest BCUT2D eigenvalue weighted by Crippen LogP contribution is -2.36. The molecule has 2 aromatic heterocycles. The van der Waals surface area contributed by atoms with Gasteiger partial charge in [0.2, 0.25) is 5.78 Å². The van der Waals surface area contributed by atoms with E-state index >= 15 is 0 Å². The zero-order valence-corrected chi connectivity index (χ0v) is 18.2. The number of aromatic nitrogens is 2. The predicted molar refractivity (Wildman–Crippen MR) is 116 cm³/mol. The number of amides is 1. The predicted octanol–water partition coefficient (Wildman–Crippen LogP) is 3.63. The number of pyridine rings is 1. The Labute approximate surface area is 185 Å². The number of ketones is 2. The van der Waals surface area contributed by atoms with E-state index in [-0.39, 0.29) is 5.78 Å². The standard InChI is InChI=1S/C24H23N3O5/c1-24(2,3)22(29)18-20(19-17(31-4)6-5-12-25-19)27(23(30)21(18)28)15-9-7-14(8-10-15)16-11-13-32-26-16/h5-13,18,20H,1-4H3. The molecule has 2 unspecified atom stereocenters. The highest BCUT2D eigenvalue weighted by Crippen LogP contribution is 2.44. The average molecular weight is 433 g/mol. The van der Waals surface area contributed by atoms with Crippen molar-refractivity contribution in [3.63, 3.8) is 0 Å². The largest absolute Gasteiger partial charge is 0.495 e. The van der Waals surface area contributed by atoms with Gasteiger partial charge in [-0.2, -0.15) is 0 Å². The van der Waals surface area contributed by atoms with Crippen LogP contribution in [0.2, 0.25) is 0 Å². The third-order valence-electron chi connectivity index (χ3n) is 5.51. The van der Waals surface area contributed by atoms with Crippen LogP contribution < -0.4 is 9.64 Å². The van der Waals surface area contributed by atoms with Crippen molar-refractivity contribution >= 4 is 23.2 Å². The molecule has 0 bridgehead atoms. The Morgan fingerprint density at radius 3 is 2.41 bits per heavy atom. The molecule has 1 aromatic carbocycles. The minimum absolute atomic E-state index is 0.324. The van der Waals surface area contributed by atoms with Crippen LogP contribution in [0.4, 0.5) is 5.69 Å². The monoisotopic (exact) mass is 433 g/mol. The first-order valence-corrected chi connectivity index (χ1v) is 10.2. The fraction of sp³-hybridized carbons (Fsp3) is 0.292. The Bertz CT molecular complexity index is 1160. The van der Waals surface area contributed by atoms with E-state index in [2.05, 4.69) is 10.1 Å². The van der Waals surface area contributed by atoms with E-state index in [1.165, 1.54) is 18.3 Å². The summed E-state index contributed by atoms with van der Waals surface area (Å²) in [6.07, 6.45) is 3.02. The van der Waals surface area contributed by atoms with Gasteiger partial charge in [0, 0.05) is 28.9 Å². The lowest BCUT2D eigenvalue weighted by atomic mass is 9.78. The molecule has 2 atom stereocenters. The number of hydrogen-bond donors (Lipinski definition) is 0. The minimum Gasteiger partial charge on any atom is -0.495 e. The van der Waals surface area contributed by atoms with Gasteiger partial charge in [-0.3, -0.25) is 24.3 Å². The Balaban J connectivity index is 1.85. The number of methoxy groups -OCH3 is 1. The number of rotatable bonds is 5. The van der Waals surface area contributed by atoms with Gasteiger partial charge in [0.1, 0.15) is 35.4 Å². The molecule has 0 N–H and O–H groups in total. The molecule has 1 amide bonds. The molecule has 0 spiro atoms. The highest BCUT2D eigenvalue weighted by Gasteiger charge is 2.55. The molecule has 1 aliphatic rings. The summed E-state index contributed by atoms with van der Waals surface area (Å²) >= 11 is 0. The molecule has 32 heavy (non-hydrogen) atoms. The number of ether oxygens (including phenoxy) is 1. The van der Waals surface area contributed by atoms with Gasteiger partial charge >= 0.3 is 0 Å². The van der Waals surface area contributed by atoms with Crippen LogP contribution in [-0.2, 0) is 14.4 Å². The van der Waals surface area contributed by atoms with Gasteiger partial charge in [0.15, 0.2) is 5.78 Å². The molecule has 1 fully saturated rings. The summed E-state index contributed by atoms with van der Waals surface area (Å²) in [6.45, 7) is 5.19.